The van der Waals surface area contributed by atoms with Crippen LogP contribution in [0.25, 0.3) is 0 Å². The van der Waals surface area contributed by atoms with E-state index >= 15 is 0 Å². The summed E-state index contributed by atoms with van der Waals surface area (Å²) in [7, 11) is 1.71. The van der Waals surface area contributed by atoms with Crippen LogP contribution in [0, 0.1) is 0 Å². The van der Waals surface area contributed by atoms with Crippen LogP contribution in [0.15, 0.2) is 46.9 Å². The van der Waals surface area contributed by atoms with Crippen LogP contribution in [0.3, 0.4) is 0 Å². The van der Waals surface area contributed by atoms with Crippen LogP contribution in [-0.4, -0.2) is 7.11 Å². The number of nitrogens with one attached hydrogen (secondary N) is 1. The minimum atomic E-state index is 0.243. The first-order valence-corrected chi connectivity index (χ1v) is 8.13. The third-order valence-electron chi connectivity index (χ3n) is 3.47. The van der Waals surface area contributed by atoms with Crippen molar-refractivity contribution in [2.24, 2.45) is 0 Å². The Hall–Kier alpha value is -1.03. The Morgan fingerprint density at radius 1 is 1.24 bits per heavy atom. The molecule has 0 amide bonds. The second-order valence-corrected chi connectivity index (χ2v) is 6.11. The highest BCUT2D eigenvalue weighted by Gasteiger charge is 2.14. The molecule has 0 bridgehead atoms. The predicted octanol–water partition coefficient (Wildman–Crippen LogP) is 5.35. The molecule has 1 unspecified atom stereocenters. The summed E-state index contributed by atoms with van der Waals surface area (Å²) in [4.78, 5) is 0. The van der Waals surface area contributed by atoms with Gasteiger partial charge in [0.2, 0.25) is 0 Å². The zero-order valence-corrected chi connectivity index (χ0v) is 14.5. The molecule has 2 aromatic carbocycles. The minimum absolute atomic E-state index is 0.243. The number of benzene rings is 2. The van der Waals surface area contributed by atoms with E-state index < -0.39 is 0 Å². The van der Waals surface area contributed by atoms with E-state index in [4.69, 9.17) is 16.3 Å². The zero-order chi connectivity index (χ0) is 15.2. The Labute approximate surface area is 139 Å². The van der Waals surface area contributed by atoms with Gasteiger partial charge in [-0.1, -0.05) is 52.7 Å². The van der Waals surface area contributed by atoms with E-state index in [2.05, 4.69) is 34.2 Å². The lowest BCUT2D eigenvalue weighted by atomic mass is 10.0. The van der Waals surface area contributed by atoms with E-state index in [0.29, 0.717) is 0 Å². The van der Waals surface area contributed by atoms with Crippen molar-refractivity contribution in [1.82, 2.24) is 5.32 Å². The summed E-state index contributed by atoms with van der Waals surface area (Å²) in [6.07, 6.45) is 0.985. The van der Waals surface area contributed by atoms with Gasteiger partial charge in [0.1, 0.15) is 5.75 Å². The molecular formula is C17H19BrClNO. The van der Waals surface area contributed by atoms with Gasteiger partial charge in [-0.3, -0.25) is 0 Å². The minimum Gasteiger partial charge on any atom is -0.496 e. The molecule has 0 aromatic heterocycles. The summed E-state index contributed by atoms with van der Waals surface area (Å²) in [5.74, 6) is 0.919. The van der Waals surface area contributed by atoms with Crippen LogP contribution >= 0.6 is 27.5 Å². The molecule has 0 aliphatic heterocycles. The van der Waals surface area contributed by atoms with Crippen molar-refractivity contribution in [2.45, 2.75) is 25.9 Å². The first-order valence-electron chi connectivity index (χ1n) is 6.96. The first kappa shape index (κ1) is 16.3. The zero-order valence-electron chi connectivity index (χ0n) is 12.2. The monoisotopic (exact) mass is 367 g/mol. The average Bonchev–Trinajstić information content (AvgIpc) is 2.51. The van der Waals surface area contributed by atoms with Crippen LogP contribution in [0.5, 0.6) is 5.75 Å². The lowest BCUT2D eigenvalue weighted by Crippen LogP contribution is -2.21. The van der Waals surface area contributed by atoms with E-state index in [-0.39, 0.29) is 6.04 Å². The summed E-state index contributed by atoms with van der Waals surface area (Å²) in [5, 5.41) is 4.33. The fraction of sp³-hybridized carbons (Fsp3) is 0.294. The fourth-order valence-corrected chi connectivity index (χ4v) is 2.92. The van der Waals surface area contributed by atoms with E-state index in [9.17, 15) is 0 Å². The molecule has 1 atom stereocenters. The summed E-state index contributed by atoms with van der Waals surface area (Å²) in [5.41, 5.74) is 2.33. The van der Waals surface area contributed by atoms with Crippen molar-refractivity contribution in [2.75, 3.05) is 7.11 Å². The van der Waals surface area contributed by atoms with Crippen LogP contribution < -0.4 is 10.1 Å². The number of hydrogen-bond acceptors (Lipinski definition) is 2. The maximum Gasteiger partial charge on any atom is 0.123 e. The number of para-hydroxylation sites is 1. The molecule has 2 aromatic rings. The van der Waals surface area contributed by atoms with Gasteiger partial charge in [0.15, 0.2) is 0 Å². The third kappa shape index (κ3) is 4.22. The number of methoxy groups -OCH3 is 1. The number of ether oxygens (including phenoxy) is 1. The van der Waals surface area contributed by atoms with Gasteiger partial charge in [0.25, 0.3) is 0 Å². The average molecular weight is 369 g/mol. The van der Waals surface area contributed by atoms with Gasteiger partial charge < -0.3 is 10.1 Å². The number of rotatable bonds is 6. The predicted molar refractivity (Wildman–Crippen MR) is 92.0 cm³/mol. The van der Waals surface area contributed by atoms with E-state index in [1.807, 2.05) is 36.4 Å². The smallest absolute Gasteiger partial charge is 0.123 e. The summed E-state index contributed by atoms with van der Waals surface area (Å²) >= 11 is 9.63. The number of hydrogen-bond donors (Lipinski definition) is 1. The quantitative estimate of drug-likeness (QED) is 0.742. The Morgan fingerprint density at radius 3 is 2.71 bits per heavy atom. The maximum atomic E-state index is 6.06. The molecule has 0 saturated carbocycles. The lowest BCUT2D eigenvalue weighted by Gasteiger charge is -2.20. The van der Waals surface area contributed by atoms with Gasteiger partial charge in [0, 0.05) is 27.6 Å². The molecule has 4 heteroatoms. The Kier molecular flexibility index (Phi) is 6.09. The first-order chi connectivity index (χ1) is 10.2. The number of halogens is 2. The molecule has 2 nitrogen and oxygen atoms in total. The highest BCUT2D eigenvalue weighted by molar-refractivity contribution is 9.10. The van der Waals surface area contributed by atoms with Crippen molar-refractivity contribution in [1.29, 1.82) is 0 Å². The topological polar surface area (TPSA) is 21.3 Å². The second kappa shape index (κ2) is 7.83. The molecule has 0 radical (unpaired) electrons. The van der Waals surface area contributed by atoms with E-state index in [0.717, 1.165) is 33.8 Å². The Morgan fingerprint density at radius 2 is 2.00 bits per heavy atom. The van der Waals surface area contributed by atoms with Crippen LogP contribution in [0.4, 0.5) is 0 Å². The largest absolute Gasteiger partial charge is 0.496 e. The standard InChI is InChI=1S/C17H19BrClNO/c1-3-16(14-6-4-5-7-17(14)21-2)20-11-12-10-13(19)8-9-15(12)18/h4-10,16,20H,3,11H2,1-2H3. The lowest BCUT2D eigenvalue weighted by molar-refractivity contribution is 0.396. The molecule has 2 rings (SSSR count). The molecule has 0 heterocycles. The summed E-state index contributed by atoms with van der Waals surface area (Å²) in [6.45, 7) is 2.91. The highest BCUT2D eigenvalue weighted by atomic mass is 79.9. The van der Waals surface area contributed by atoms with Gasteiger partial charge in [-0.25, -0.2) is 0 Å². The molecule has 0 aliphatic rings. The van der Waals surface area contributed by atoms with Crippen LogP contribution in [0.1, 0.15) is 30.5 Å². The van der Waals surface area contributed by atoms with Crippen molar-refractivity contribution >= 4 is 27.5 Å². The van der Waals surface area contributed by atoms with Gasteiger partial charge in [-0.15, -0.1) is 0 Å². The van der Waals surface area contributed by atoms with Gasteiger partial charge >= 0.3 is 0 Å². The third-order valence-corrected chi connectivity index (χ3v) is 4.48. The van der Waals surface area contributed by atoms with Crippen LogP contribution in [0.2, 0.25) is 5.02 Å². The highest BCUT2D eigenvalue weighted by Crippen LogP contribution is 2.28. The normalized spacial score (nSPS) is 12.2. The Bertz CT molecular complexity index is 603. The Balaban J connectivity index is 2.14. The maximum absolute atomic E-state index is 6.06. The molecule has 0 fully saturated rings. The molecule has 112 valence electrons. The summed E-state index contributed by atoms with van der Waals surface area (Å²) < 4.78 is 6.52. The second-order valence-electron chi connectivity index (χ2n) is 4.82. The van der Waals surface area contributed by atoms with E-state index in [1.165, 1.54) is 5.56 Å². The molecule has 0 saturated heterocycles. The molecule has 21 heavy (non-hydrogen) atoms. The van der Waals surface area contributed by atoms with Crippen molar-refractivity contribution in [3.8, 4) is 5.75 Å². The SMILES string of the molecule is CCC(NCc1cc(Cl)ccc1Br)c1ccccc1OC. The van der Waals surface area contributed by atoms with Crippen LogP contribution in [-0.2, 0) is 6.54 Å². The van der Waals surface area contributed by atoms with E-state index in [1.54, 1.807) is 7.11 Å². The summed E-state index contributed by atoms with van der Waals surface area (Å²) in [6, 6.07) is 14.2. The van der Waals surface area contributed by atoms with Crippen molar-refractivity contribution in [3.63, 3.8) is 0 Å². The molecule has 0 spiro atoms. The van der Waals surface area contributed by atoms with Gasteiger partial charge in [0.05, 0.1) is 7.11 Å². The van der Waals surface area contributed by atoms with Crippen molar-refractivity contribution < 1.29 is 4.74 Å². The molecule has 0 aliphatic carbocycles. The van der Waals surface area contributed by atoms with Crippen molar-refractivity contribution in [3.05, 3.63) is 63.1 Å². The van der Waals surface area contributed by atoms with Gasteiger partial charge in [-0.2, -0.15) is 0 Å². The molecule has 1 N–H and O–H groups in total. The fourth-order valence-electron chi connectivity index (χ4n) is 2.34. The van der Waals surface area contributed by atoms with Gasteiger partial charge in [-0.05, 0) is 36.2 Å². The molecular weight excluding hydrogens is 350 g/mol.